The van der Waals surface area contributed by atoms with E-state index < -0.39 is 4.92 Å². The molecule has 1 aromatic carbocycles. The lowest BCUT2D eigenvalue weighted by molar-refractivity contribution is -0.384. The molecule has 1 unspecified atom stereocenters. The zero-order chi connectivity index (χ0) is 16.0. The molecule has 1 N–H and O–H groups in total. The van der Waals surface area contributed by atoms with Crippen molar-refractivity contribution in [1.29, 1.82) is 0 Å². The summed E-state index contributed by atoms with van der Waals surface area (Å²) >= 11 is 0. The van der Waals surface area contributed by atoms with Gasteiger partial charge in [0.2, 0.25) is 0 Å². The topological polar surface area (TPSA) is 84.7 Å². The van der Waals surface area contributed by atoms with Crippen LogP contribution in [-0.2, 0) is 4.74 Å². The number of benzene rings is 1. The molecule has 0 aliphatic carbocycles. The van der Waals surface area contributed by atoms with Crippen LogP contribution in [0.15, 0.2) is 18.2 Å². The Labute approximate surface area is 124 Å². The number of amides is 1. The average Bonchev–Trinajstić information content (AvgIpc) is 2.46. The number of likely N-dealkylation sites (N-methyl/N-ethyl adjacent to an activating group) is 1. The quantitative estimate of drug-likeness (QED) is 0.615. The highest BCUT2D eigenvalue weighted by Gasteiger charge is 2.21. The van der Waals surface area contributed by atoms with Gasteiger partial charge in [-0.3, -0.25) is 14.9 Å². The van der Waals surface area contributed by atoms with Crippen LogP contribution in [-0.4, -0.2) is 49.1 Å². The maximum Gasteiger partial charge on any atom is 0.293 e. The largest absolute Gasteiger partial charge is 0.383 e. The van der Waals surface area contributed by atoms with Crippen LogP contribution in [0, 0.1) is 10.1 Å². The Hall–Kier alpha value is -2.15. The molecular formula is C14H21N3O4. The molecule has 0 saturated heterocycles. The van der Waals surface area contributed by atoms with Gasteiger partial charge in [-0.1, -0.05) is 0 Å². The number of carbonyl (C=O) groups excluding carboxylic acids is 1. The summed E-state index contributed by atoms with van der Waals surface area (Å²) in [4.78, 5) is 24.4. The first-order valence-electron chi connectivity index (χ1n) is 6.70. The van der Waals surface area contributed by atoms with Gasteiger partial charge in [-0.05, 0) is 26.0 Å². The second-order valence-electron chi connectivity index (χ2n) is 4.74. The number of methoxy groups -OCH3 is 1. The SMILES string of the molecule is CCNc1ccc(C(=O)N(C)C(C)COC)cc1[N+](=O)[O-]. The molecule has 0 spiro atoms. The van der Waals surface area contributed by atoms with Crippen LogP contribution >= 0.6 is 0 Å². The van der Waals surface area contributed by atoms with E-state index in [1.54, 1.807) is 26.3 Å². The van der Waals surface area contributed by atoms with Gasteiger partial charge in [-0.25, -0.2) is 0 Å². The zero-order valence-electron chi connectivity index (χ0n) is 12.8. The van der Waals surface area contributed by atoms with Crippen LogP contribution in [0.2, 0.25) is 0 Å². The molecule has 0 aliphatic heterocycles. The van der Waals surface area contributed by atoms with E-state index in [1.165, 1.54) is 11.0 Å². The molecule has 1 amide bonds. The van der Waals surface area contributed by atoms with E-state index in [0.29, 0.717) is 18.8 Å². The Morgan fingerprint density at radius 1 is 1.52 bits per heavy atom. The zero-order valence-corrected chi connectivity index (χ0v) is 12.8. The molecule has 0 heterocycles. The van der Waals surface area contributed by atoms with Gasteiger partial charge in [-0.2, -0.15) is 0 Å². The fraction of sp³-hybridized carbons (Fsp3) is 0.500. The maximum absolute atomic E-state index is 12.3. The van der Waals surface area contributed by atoms with E-state index in [0.717, 1.165) is 0 Å². The first-order chi connectivity index (χ1) is 9.92. The van der Waals surface area contributed by atoms with Crippen molar-refractivity contribution < 1.29 is 14.5 Å². The third-order valence-corrected chi connectivity index (χ3v) is 3.20. The molecule has 0 fully saturated rings. The molecule has 1 aromatic rings. The average molecular weight is 295 g/mol. The molecule has 7 nitrogen and oxygen atoms in total. The molecule has 0 aliphatic rings. The van der Waals surface area contributed by atoms with Crippen molar-refractivity contribution >= 4 is 17.3 Å². The number of nitrogens with one attached hydrogen (secondary N) is 1. The highest BCUT2D eigenvalue weighted by Crippen LogP contribution is 2.26. The summed E-state index contributed by atoms with van der Waals surface area (Å²) < 4.78 is 5.01. The summed E-state index contributed by atoms with van der Waals surface area (Å²) in [5.41, 5.74) is 0.593. The van der Waals surface area contributed by atoms with Gasteiger partial charge in [0, 0.05) is 32.3 Å². The van der Waals surface area contributed by atoms with E-state index >= 15 is 0 Å². The molecule has 0 saturated carbocycles. The number of carbonyl (C=O) groups is 1. The molecule has 116 valence electrons. The summed E-state index contributed by atoms with van der Waals surface area (Å²) in [7, 11) is 3.21. The number of nitro benzene ring substituents is 1. The predicted octanol–water partition coefficient (Wildman–Crippen LogP) is 2.13. The first kappa shape index (κ1) is 16.9. The molecule has 7 heteroatoms. The van der Waals surface area contributed by atoms with Crippen LogP contribution in [0.3, 0.4) is 0 Å². The van der Waals surface area contributed by atoms with E-state index in [-0.39, 0.29) is 23.2 Å². The predicted molar refractivity (Wildman–Crippen MR) is 80.7 cm³/mol. The normalized spacial score (nSPS) is 11.8. The Balaban J connectivity index is 3.05. The van der Waals surface area contributed by atoms with Crippen molar-refractivity contribution in [3.8, 4) is 0 Å². The fourth-order valence-corrected chi connectivity index (χ4v) is 1.91. The number of ether oxygens (including phenoxy) is 1. The van der Waals surface area contributed by atoms with Crippen LogP contribution in [0.25, 0.3) is 0 Å². The third-order valence-electron chi connectivity index (χ3n) is 3.20. The second kappa shape index (κ2) is 7.58. The maximum atomic E-state index is 12.3. The third kappa shape index (κ3) is 4.16. The summed E-state index contributed by atoms with van der Waals surface area (Å²) in [5, 5.41) is 14.0. The summed E-state index contributed by atoms with van der Waals surface area (Å²) in [5.74, 6) is -0.273. The van der Waals surface area contributed by atoms with Crippen LogP contribution in [0.5, 0.6) is 0 Å². The van der Waals surface area contributed by atoms with Crippen molar-refractivity contribution in [1.82, 2.24) is 4.90 Å². The van der Waals surface area contributed by atoms with Gasteiger partial charge in [-0.15, -0.1) is 0 Å². The van der Waals surface area contributed by atoms with Crippen molar-refractivity contribution in [2.24, 2.45) is 0 Å². The summed E-state index contributed by atoms with van der Waals surface area (Å²) in [6, 6.07) is 4.33. The molecule has 0 bridgehead atoms. The Kier molecular flexibility index (Phi) is 6.10. The summed E-state index contributed by atoms with van der Waals surface area (Å²) in [6.45, 7) is 4.67. The highest BCUT2D eigenvalue weighted by molar-refractivity contribution is 5.95. The van der Waals surface area contributed by atoms with E-state index in [4.69, 9.17) is 4.74 Å². The molecular weight excluding hydrogens is 274 g/mol. The Morgan fingerprint density at radius 2 is 2.19 bits per heavy atom. The molecule has 1 rings (SSSR count). The van der Waals surface area contributed by atoms with Crippen molar-refractivity contribution in [3.63, 3.8) is 0 Å². The summed E-state index contributed by atoms with van der Waals surface area (Å²) in [6.07, 6.45) is 0. The van der Waals surface area contributed by atoms with Gasteiger partial charge in [0.1, 0.15) is 5.69 Å². The minimum absolute atomic E-state index is 0.101. The smallest absolute Gasteiger partial charge is 0.293 e. The molecule has 1 atom stereocenters. The van der Waals surface area contributed by atoms with E-state index in [9.17, 15) is 14.9 Å². The lowest BCUT2D eigenvalue weighted by Gasteiger charge is -2.24. The van der Waals surface area contributed by atoms with Gasteiger partial charge in [0.15, 0.2) is 0 Å². The number of hydrogen-bond donors (Lipinski definition) is 1. The lowest BCUT2D eigenvalue weighted by Crippen LogP contribution is -2.37. The minimum Gasteiger partial charge on any atom is -0.383 e. The molecule has 0 radical (unpaired) electrons. The van der Waals surface area contributed by atoms with Crippen molar-refractivity contribution in [2.45, 2.75) is 19.9 Å². The Morgan fingerprint density at radius 3 is 2.71 bits per heavy atom. The number of anilines is 1. The molecule has 21 heavy (non-hydrogen) atoms. The van der Waals surface area contributed by atoms with Gasteiger partial charge < -0.3 is 15.0 Å². The standard InChI is InChI=1S/C14H21N3O4/c1-5-15-12-7-6-11(8-13(12)17(19)20)14(18)16(3)10(2)9-21-4/h6-8,10,15H,5,9H2,1-4H3. The lowest BCUT2D eigenvalue weighted by atomic mass is 10.1. The van der Waals surface area contributed by atoms with Gasteiger partial charge in [0.05, 0.1) is 17.6 Å². The Bertz CT molecular complexity index is 519. The monoisotopic (exact) mass is 295 g/mol. The van der Waals surface area contributed by atoms with Crippen LogP contribution < -0.4 is 5.32 Å². The van der Waals surface area contributed by atoms with Crippen LogP contribution in [0.1, 0.15) is 24.2 Å². The minimum atomic E-state index is -0.493. The van der Waals surface area contributed by atoms with Gasteiger partial charge in [0.25, 0.3) is 11.6 Å². The molecule has 0 aromatic heterocycles. The van der Waals surface area contributed by atoms with E-state index in [2.05, 4.69) is 5.32 Å². The number of nitrogens with zero attached hydrogens (tertiary/aromatic N) is 2. The van der Waals surface area contributed by atoms with E-state index in [1.807, 2.05) is 13.8 Å². The highest BCUT2D eigenvalue weighted by atomic mass is 16.6. The first-order valence-corrected chi connectivity index (χ1v) is 6.70. The number of nitro groups is 1. The number of hydrogen-bond acceptors (Lipinski definition) is 5. The fourth-order valence-electron chi connectivity index (χ4n) is 1.91. The van der Waals surface area contributed by atoms with Crippen molar-refractivity contribution in [3.05, 3.63) is 33.9 Å². The number of rotatable bonds is 7. The van der Waals surface area contributed by atoms with Gasteiger partial charge >= 0.3 is 0 Å². The van der Waals surface area contributed by atoms with Crippen molar-refractivity contribution in [2.75, 3.05) is 32.6 Å². The second-order valence-corrected chi connectivity index (χ2v) is 4.74. The van der Waals surface area contributed by atoms with Crippen LogP contribution in [0.4, 0.5) is 11.4 Å².